The summed E-state index contributed by atoms with van der Waals surface area (Å²) < 4.78 is 6.78. The number of fused-ring (bicyclic) bond motifs is 1. The molecule has 2 rings (SSSR count). The molecule has 70 valence electrons. The van der Waals surface area contributed by atoms with E-state index in [-0.39, 0.29) is 6.04 Å². The number of hydrogen-bond acceptors (Lipinski definition) is 2. The van der Waals surface area contributed by atoms with Gasteiger partial charge in [-0.05, 0) is 41.1 Å². The van der Waals surface area contributed by atoms with E-state index >= 15 is 0 Å². The first kappa shape index (κ1) is 9.27. The highest BCUT2D eigenvalue weighted by Gasteiger charge is 2.21. The van der Waals surface area contributed by atoms with Gasteiger partial charge >= 0.3 is 0 Å². The second kappa shape index (κ2) is 3.46. The fraction of sp³-hybridized carbons (Fsp3) is 0.400. The number of rotatable bonds is 0. The van der Waals surface area contributed by atoms with Crippen LogP contribution >= 0.6 is 22.6 Å². The van der Waals surface area contributed by atoms with Gasteiger partial charge in [-0.3, -0.25) is 0 Å². The molecule has 0 saturated heterocycles. The van der Waals surface area contributed by atoms with Crippen molar-refractivity contribution in [3.63, 3.8) is 0 Å². The maximum absolute atomic E-state index is 6.03. The van der Waals surface area contributed by atoms with Crippen LogP contribution in [0.5, 0.6) is 5.75 Å². The number of ether oxygens (including phenoxy) is 1. The Bertz CT molecular complexity index is 338. The highest BCUT2D eigenvalue weighted by molar-refractivity contribution is 14.1. The predicted molar refractivity (Wildman–Crippen MR) is 60.9 cm³/mol. The minimum Gasteiger partial charge on any atom is -0.492 e. The van der Waals surface area contributed by atoms with Crippen LogP contribution in [0.1, 0.15) is 23.6 Å². The number of halogens is 1. The molecule has 0 spiro atoms. The molecule has 2 nitrogen and oxygen atoms in total. The standard InChI is InChI=1S/C10H12INO/c1-6-2-3-7(11)10-9(6)8(12)4-5-13-10/h2-3,8H,4-5,12H2,1H3/t8-/m0/s1. The summed E-state index contributed by atoms with van der Waals surface area (Å²) >= 11 is 2.29. The third-order valence-corrected chi connectivity index (χ3v) is 3.26. The zero-order valence-corrected chi connectivity index (χ0v) is 9.67. The van der Waals surface area contributed by atoms with Crippen molar-refractivity contribution in [1.82, 2.24) is 0 Å². The molecule has 0 fully saturated rings. The van der Waals surface area contributed by atoms with Gasteiger partial charge in [0.25, 0.3) is 0 Å². The Hall–Kier alpha value is -0.290. The van der Waals surface area contributed by atoms with Gasteiger partial charge in [-0.15, -0.1) is 0 Å². The highest BCUT2D eigenvalue weighted by Crippen LogP contribution is 2.36. The lowest BCUT2D eigenvalue weighted by atomic mass is 9.97. The quantitative estimate of drug-likeness (QED) is 0.744. The Balaban J connectivity index is 2.60. The first-order valence-electron chi connectivity index (χ1n) is 4.37. The van der Waals surface area contributed by atoms with Gasteiger partial charge in [0.15, 0.2) is 0 Å². The predicted octanol–water partition coefficient (Wildman–Crippen LogP) is 2.38. The summed E-state index contributed by atoms with van der Waals surface area (Å²) in [7, 11) is 0. The molecule has 0 aromatic heterocycles. The van der Waals surface area contributed by atoms with Gasteiger partial charge in [0.2, 0.25) is 0 Å². The first-order valence-corrected chi connectivity index (χ1v) is 5.45. The molecule has 3 heteroatoms. The third-order valence-electron chi connectivity index (χ3n) is 2.41. The van der Waals surface area contributed by atoms with Crippen LogP contribution in [0.4, 0.5) is 0 Å². The van der Waals surface area contributed by atoms with Crippen LogP contribution in [0.15, 0.2) is 12.1 Å². The highest BCUT2D eigenvalue weighted by atomic mass is 127. The average molecular weight is 289 g/mol. The second-order valence-corrected chi connectivity index (χ2v) is 4.51. The van der Waals surface area contributed by atoms with Crippen molar-refractivity contribution in [2.24, 2.45) is 5.73 Å². The SMILES string of the molecule is Cc1ccc(I)c2c1[C@@H](N)CCO2. The Labute approximate surface area is 91.6 Å². The molecule has 13 heavy (non-hydrogen) atoms. The van der Waals surface area contributed by atoms with E-state index in [0.717, 1.165) is 22.3 Å². The lowest BCUT2D eigenvalue weighted by molar-refractivity contribution is 0.266. The van der Waals surface area contributed by atoms with E-state index in [1.807, 2.05) is 0 Å². The molecule has 0 radical (unpaired) electrons. The molecule has 0 amide bonds. The molecule has 1 heterocycles. The summed E-state index contributed by atoms with van der Waals surface area (Å²) in [5, 5.41) is 0. The summed E-state index contributed by atoms with van der Waals surface area (Å²) in [6.45, 7) is 2.83. The van der Waals surface area contributed by atoms with E-state index < -0.39 is 0 Å². The lowest BCUT2D eigenvalue weighted by Crippen LogP contribution is -2.22. The van der Waals surface area contributed by atoms with E-state index in [1.165, 1.54) is 11.1 Å². The Morgan fingerprint density at radius 2 is 2.31 bits per heavy atom. The molecule has 1 atom stereocenters. The van der Waals surface area contributed by atoms with E-state index in [1.54, 1.807) is 0 Å². The van der Waals surface area contributed by atoms with Crippen molar-refractivity contribution >= 4 is 22.6 Å². The van der Waals surface area contributed by atoms with Gasteiger partial charge < -0.3 is 10.5 Å². The molecule has 0 bridgehead atoms. The van der Waals surface area contributed by atoms with E-state index in [4.69, 9.17) is 10.5 Å². The second-order valence-electron chi connectivity index (χ2n) is 3.35. The van der Waals surface area contributed by atoms with Crippen molar-refractivity contribution in [1.29, 1.82) is 0 Å². The molecule has 1 aromatic carbocycles. The van der Waals surface area contributed by atoms with Gasteiger partial charge in [0.1, 0.15) is 5.75 Å². The molecule has 0 aliphatic carbocycles. The summed E-state index contributed by atoms with van der Waals surface area (Å²) in [4.78, 5) is 0. The summed E-state index contributed by atoms with van der Waals surface area (Å²) in [5.41, 5.74) is 8.46. The van der Waals surface area contributed by atoms with Crippen molar-refractivity contribution in [3.8, 4) is 5.75 Å². The number of aryl methyl sites for hydroxylation is 1. The topological polar surface area (TPSA) is 35.2 Å². The van der Waals surface area contributed by atoms with Crippen molar-refractivity contribution in [3.05, 3.63) is 26.8 Å². The molecule has 1 aliphatic heterocycles. The van der Waals surface area contributed by atoms with Gasteiger partial charge in [-0.1, -0.05) is 6.07 Å². The molecule has 0 saturated carbocycles. The van der Waals surface area contributed by atoms with Gasteiger partial charge in [0, 0.05) is 18.0 Å². The largest absolute Gasteiger partial charge is 0.492 e. The number of nitrogens with two attached hydrogens (primary N) is 1. The Kier molecular flexibility index (Phi) is 2.47. The van der Waals surface area contributed by atoms with Crippen molar-refractivity contribution < 1.29 is 4.74 Å². The number of hydrogen-bond donors (Lipinski definition) is 1. The minimum absolute atomic E-state index is 0.151. The molecule has 0 unspecified atom stereocenters. The van der Waals surface area contributed by atoms with Crippen molar-refractivity contribution in [2.45, 2.75) is 19.4 Å². The zero-order chi connectivity index (χ0) is 9.42. The van der Waals surface area contributed by atoms with Gasteiger partial charge in [0.05, 0.1) is 10.2 Å². The third kappa shape index (κ3) is 1.55. The zero-order valence-electron chi connectivity index (χ0n) is 7.51. The smallest absolute Gasteiger partial charge is 0.137 e. The van der Waals surface area contributed by atoms with Gasteiger partial charge in [-0.2, -0.15) is 0 Å². The van der Waals surface area contributed by atoms with Gasteiger partial charge in [-0.25, -0.2) is 0 Å². The van der Waals surface area contributed by atoms with Crippen LogP contribution in [-0.2, 0) is 0 Å². The molecular formula is C10H12INO. The van der Waals surface area contributed by atoms with Crippen LogP contribution in [-0.4, -0.2) is 6.61 Å². The lowest BCUT2D eigenvalue weighted by Gasteiger charge is -2.25. The summed E-state index contributed by atoms with van der Waals surface area (Å²) in [5.74, 6) is 0.999. The maximum Gasteiger partial charge on any atom is 0.137 e. The summed E-state index contributed by atoms with van der Waals surface area (Å²) in [6.07, 6.45) is 0.925. The molecular weight excluding hydrogens is 277 g/mol. The fourth-order valence-corrected chi connectivity index (χ4v) is 2.34. The van der Waals surface area contributed by atoms with Crippen molar-refractivity contribution in [2.75, 3.05) is 6.61 Å². The summed E-state index contributed by atoms with van der Waals surface area (Å²) in [6, 6.07) is 4.33. The maximum atomic E-state index is 6.03. The average Bonchev–Trinajstić information content (AvgIpc) is 2.12. The molecule has 2 N–H and O–H groups in total. The Morgan fingerprint density at radius 3 is 3.00 bits per heavy atom. The van der Waals surface area contributed by atoms with E-state index in [2.05, 4.69) is 41.6 Å². The van der Waals surface area contributed by atoms with Crippen LogP contribution in [0.25, 0.3) is 0 Å². The van der Waals surface area contributed by atoms with Crippen LogP contribution in [0.2, 0.25) is 0 Å². The Morgan fingerprint density at radius 1 is 1.54 bits per heavy atom. The van der Waals surface area contributed by atoms with E-state index in [9.17, 15) is 0 Å². The molecule has 1 aromatic rings. The van der Waals surface area contributed by atoms with Crippen LogP contribution in [0.3, 0.4) is 0 Å². The van der Waals surface area contributed by atoms with E-state index in [0.29, 0.717) is 0 Å². The monoisotopic (exact) mass is 289 g/mol. The van der Waals surface area contributed by atoms with Crippen LogP contribution in [0, 0.1) is 10.5 Å². The van der Waals surface area contributed by atoms with Crippen LogP contribution < -0.4 is 10.5 Å². The minimum atomic E-state index is 0.151. The fourth-order valence-electron chi connectivity index (χ4n) is 1.71. The number of benzene rings is 1. The molecule has 1 aliphatic rings. The first-order chi connectivity index (χ1) is 6.20. The normalized spacial score (nSPS) is 20.7.